The van der Waals surface area contributed by atoms with Crippen LogP contribution < -0.4 is 5.32 Å². The lowest BCUT2D eigenvalue weighted by Crippen LogP contribution is -2.36. The Hall–Kier alpha value is -2.46. The van der Waals surface area contributed by atoms with Crippen LogP contribution in [0.5, 0.6) is 0 Å². The Bertz CT molecular complexity index is 735. The van der Waals surface area contributed by atoms with Gasteiger partial charge in [-0.15, -0.1) is 0 Å². The number of benzene rings is 2. The van der Waals surface area contributed by atoms with E-state index in [1.54, 1.807) is 0 Å². The standard InChI is InChI=1S/C18H17N3O/c22-18(14-7-3-1-4-8-14)17(19-15-9-5-2-6-10-15)20-16(21-18)13-11-12-13/h1-10,13,22H,11-12H2,(H,19,20,21). The molecule has 1 aliphatic heterocycles. The monoisotopic (exact) mass is 291 g/mol. The second kappa shape index (κ2) is 5.07. The van der Waals surface area contributed by atoms with Crippen molar-refractivity contribution in [3.63, 3.8) is 0 Å². The molecular formula is C18H17N3O. The third-order valence-corrected chi connectivity index (χ3v) is 3.99. The fourth-order valence-electron chi connectivity index (χ4n) is 2.61. The van der Waals surface area contributed by atoms with Gasteiger partial charge in [0, 0.05) is 17.2 Å². The molecule has 22 heavy (non-hydrogen) atoms. The summed E-state index contributed by atoms with van der Waals surface area (Å²) in [5.41, 5.74) is 0.199. The molecule has 0 spiro atoms. The third-order valence-electron chi connectivity index (χ3n) is 3.99. The molecular weight excluding hydrogens is 274 g/mol. The highest BCUT2D eigenvalue weighted by atomic mass is 16.3. The van der Waals surface area contributed by atoms with E-state index < -0.39 is 5.72 Å². The van der Waals surface area contributed by atoms with Crippen LogP contribution in [0.25, 0.3) is 0 Å². The van der Waals surface area contributed by atoms with Gasteiger partial charge in [0.15, 0.2) is 5.84 Å². The van der Waals surface area contributed by atoms with Gasteiger partial charge in [0.05, 0.1) is 0 Å². The van der Waals surface area contributed by atoms with Crippen molar-refractivity contribution < 1.29 is 5.11 Å². The first-order valence-electron chi connectivity index (χ1n) is 7.54. The fraction of sp³-hybridized carbons (Fsp3) is 0.222. The van der Waals surface area contributed by atoms with E-state index in [-0.39, 0.29) is 0 Å². The summed E-state index contributed by atoms with van der Waals surface area (Å²) in [7, 11) is 0. The maximum absolute atomic E-state index is 11.1. The van der Waals surface area contributed by atoms with Crippen molar-refractivity contribution in [3.05, 3.63) is 66.2 Å². The summed E-state index contributed by atoms with van der Waals surface area (Å²) in [6, 6.07) is 19.2. The number of hydrogen-bond acceptors (Lipinski definition) is 4. The molecule has 1 saturated carbocycles. The highest BCUT2D eigenvalue weighted by molar-refractivity contribution is 6.13. The summed E-state index contributed by atoms with van der Waals surface area (Å²) in [6.45, 7) is 0. The van der Waals surface area contributed by atoms with E-state index in [4.69, 9.17) is 0 Å². The molecule has 1 heterocycles. The SMILES string of the molecule is OC1(c2ccccc2)N=C(C2CC2)N=C1Nc1ccccc1. The maximum Gasteiger partial charge on any atom is 0.243 e. The van der Waals surface area contributed by atoms with Crippen LogP contribution in [-0.2, 0) is 5.72 Å². The minimum absolute atomic E-state index is 0.394. The van der Waals surface area contributed by atoms with Gasteiger partial charge in [-0.3, -0.25) is 0 Å². The highest BCUT2D eigenvalue weighted by Crippen LogP contribution is 2.38. The normalized spacial score (nSPS) is 23.9. The molecule has 4 rings (SSSR count). The molecule has 110 valence electrons. The zero-order chi connectivity index (χ0) is 15.0. The molecule has 2 aliphatic rings. The van der Waals surface area contributed by atoms with Crippen LogP contribution in [-0.4, -0.2) is 16.8 Å². The van der Waals surface area contributed by atoms with Gasteiger partial charge in [0.1, 0.15) is 5.84 Å². The van der Waals surface area contributed by atoms with E-state index >= 15 is 0 Å². The van der Waals surface area contributed by atoms with Crippen LogP contribution in [0, 0.1) is 5.92 Å². The molecule has 0 bridgehead atoms. The van der Waals surface area contributed by atoms with Crippen molar-refractivity contribution >= 4 is 17.4 Å². The van der Waals surface area contributed by atoms with Gasteiger partial charge < -0.3 is 10.4 Å². The van der Waals surface area contributed by atoms with Gasteiger partial charge in [-0.1, -0.05) is 48.5 Å². The lowest BCUT2D eigenvalue weighted by atomic mass is 10.0. The zero-order valence-electron chi connectivity index (χ0n) is 12.1. The second-order valence-corrected chi connectivity index (χ2v) is 5.73. The van der Waals surface area contributed by atoms with Crippen LogP contribution in [0.2, 0.25) is 0 Å². The second-order valence-electron chi connectivity index (χ2n) is 5.73. The average Bonchev–Trinajstić information content (AvgIpc) is 3.35. The number of nitrogens with one attached hydrogen (secondary N) is 1. The lowest BCUT2D eigenvalue weighted by molar-refractivity contribution is 0.125. The third kappa shape index (κ3) is 2.31. The molecule has 1 unspecified atom stereocenters. The predicted molar refractivity (Wildman–Crippen MR) is 88.0 cm³/mol. The molecule has 2 N–H and O–H groups in total. The molecule has 4 heteroatoms. The maximum atomic E-state index is 11.1. The minimum Gasteiger partial charge on any atom is -0.359 e. The average molecular weight is 291 g/mol. The van der Waals surface area contributed by atoms with Crippen molar-refractivity contribution in [1.29, 1.82) is 0 Å². The molecule has 0 amide bonds. The molecule has 0 radical (unpaired) electrons. The van der Waals surface area contributed by atoms with Gasteiger partial charge in [-0.05, 0) is 25.0 Å². The number of aliphatic imine (C=N–C) groups is 2. The zero-order valence-corrected chi connectivity index (χ0v) is 12.1. The van der Waals surface area contributed by atoms with E-state index in [1.165, 1.54) is 0 Å². The topological polar surface area (TPSA) is 57.0 Å². The largest absolute Gasteiger partial charge is 0.359 e. The van der Waals surface area contributed by atoms with Gasteiger partial charge in [-0.2, -0.15) is 0 Å². The number of nitrogens with zero attached hydrogens (tertiary/aromatic N) is 2. The van der Waals surface area contributed by atoms with Gasteiger partial charge in [0.25, 0.3) is 0 Å². The van der Waals surface area contributed by atoms with Crippen LogP contribution >= 0.6 is 0 Å². The number of rotatable bonds is 3. The first-order chi connectivity index (χ1) is 10.8. The van der Waals surface area contributed by atoms with Crippen molar-refractivity contribution in [1.82, 2.24) is 0 Å². The van der Waals surface area contributed by atoms with Crippen molar-refractivity contribution in [2.75, 3.05) is 5.32 Å². The smallest absolute Gasteiger partial charge is 0.243 e. The van der Waals surface area contributed by atoms with Crippen LogP contribution in [0.1, 0.15) is 18.4 Å². The van der Waals surface area contributed by atoms with Gasteiger partial charge >= 0.3 is 0 Å². The van der Waals surface area contributed by atoms with Crippen molar-refractivity contribution in [2.45, 2.75) is 18.6 Å². The molecule has 1 atom stereocenters. The van der Waals surface area contributed by atoms with E-state index in [2.05, 4.69) is 15.3 Å². The first-order valence-corrected chi connectivity index (χ1v) is 7.54. The van der Waals surface area contributed by atoms with Crippen LogP contribution in [0.15, 0.2) is 70.6 Å². The molecule has 2 aromatic rings. The van der Waals surface area contributed by atoms with Crippen molar-refractivity contribution in [2.24, 2.45) is 15.9 Å². The molecule has 4 nitrogen and oxygen atoms in total. The van der Waals surface area contributed by atoms with Crippen molar-refractivity contribution in [3.8, 4) is 0 Å². The van der Waals surface area contributed by atoms with Crippen LogP contribution in [0.4, 0.5) is 5.69 Å². The number of amidine groups is 2. The molecule has 1 aliphatic carbocycles. The minimum atomic E-state index is -1.42. The summed E-state index contributed by atoms with van der Waals surface area (Å²) >= 11 is 0. The lowest BCUT2D eigenvalue weighted by Gasteiger charge is -2.23. The quantitative estimate of drug-likeness (QED) is 0.912. The Morgan fingerprint density at radius 1 is 0.955 bits per heavy atom. The number of para-hydroxylation sites is 1. The Kier molecular flexibility index (Phi) is 3.05. The summed E-state index contributed by atoms with van der Waals surface area (Å²) in [4.78, 5) is 9.12. The van der Waals surface area contributed by atoms with Gasteiger partial charge in [-0.25, -0.2) is 9.98 Å². The Balaban J connectivity index is 1.72. The Morgan fingerprint density at radius 2 is 1.59 bits per heavy atom. The predicted octanol–water partition coefficient (Wildman–Crippen LogP) is 3.16. The number of anilines is 1. The highest BCUT2D eigenvalue weighted by Gasteiger charge is 2.43. The van der Waals surface area contributed by atoms with E-state index in [0.29, 0.717) is 11.8 Å². The first kappa shape index (κ1) is 13.2. The fourth-order valence-corrected chi connectivity index (χ4v) is 2.61. The van der Waals surface area contributed by atoms with E-state index in [9.17, 15) is 5.11 Å². The van der Waals surface area contributed by atoms with Gasteiger partial charge in [0.2, 0.25) is 5.72 Å². The Labute approximate surface area is 129 Å². The molecule has 1 fully saturated rings. The molecule has 2 aromatic carbocycles. The van der Waals surface area contributed by atoms with Crippen LogP contribution in [0.3, 0.4) is 0 Å². The summed E-state index contributed by atoms with van der Waals surface area (Å²) in [5.74, 6) is 1.63. The summed E-state index contributed by atoms with van der Waals surface area (Å²) in [6.07, 6.45) is 2.21. The number of aliphatic hydroxyl groups is 1. The van der Waals surface area contributed by atoms with E-state index in [0.717, 1.165) is 29.9 Å². The number of hydrogen-bond donors (Lipinski definition) is 2. The van der Waals surface area contributed by atoms with E-state index in [1.807, 2.05) is 60.7 Å². The summed E-state index contributed by atoms with van der Waals surface area (Å²) in [5, 5.41) is 14.4. The Morgan fingerprint density at radius 3 is 2.23 bits per heavy atom. The summed E-state index contributed by atoms with van der Waals surface area (Å²) < 4.78 is 0. The molecule has 0 saturated heterocycles. The molecule has 0 aromatic heterocycles.